The molecule has 0 radical (unpaired) electrons. The van der Waals surface area contributed by atoms with E-state index in [1.165, 1.54) is 0 Å². The maximum atomic E-state index is 11.9. The number of rotatable bonds is 9. The summed E-state index contributed by atoms with van der Waals surface area (Å²) in [4.78, 5) is 22.7. The summed E-state index contributed by atoms with van der Waals surface area (Å²) in [5.41, 5.74) is 1.03. The Morgan fingerprint density at radius 2 is 1.83 bits per heavy atom. The van der Waals surface area contributed by atoms with Gasteiger partial charge in [-0.3, -0.25) is 4.79 Å². The third kappa shape index (κ3) is 8.21. The molecule has 0 saturated heterocycles. The van der Waals surface area contributed by atoms with Crippen molar-refractivity contribution < 1.29 is 19.8 Å². The van der Waals surface area contributed by atoms with Gasteiger partial charge in [0.05, 0.1) is 6.10 Å². The number of benzene rings is 1. The lowest BCUT2D eigenvalue weighted by Crippen LogP contribution is -2.46. The zero-order valence-electron chi connectivity index (χ0n) is 13.7. The summed E-state index contributed by atoms with van der Waals surface area (Å²) in [5.74, 6) is -0.831. The van der Waals surface area contributed by atoms with Crippen LogP contribution >= 0.6 is 0 Å². The Morgan fingerprint density at radius 1 is 1.17 bits per heavy atom. The van der Waals surface area contributed by atoms with Crippen molar-refractivity contribution in [1.29, 1.82) is 0 Å². The Hall–Kier alpha value is -2.08. The molecule has 0 fully saturated rings. The van der Waals surface area contributed by atoms with E-state index in [0.717, 1.165) is 5.56 Å². The van der Waals surface area contributed by atoms with Crippen LogP contribution in [0.2, 0.25) is 0 Å². The fraction of sp³-hybridized carbons (Fsp3) is 0.529. The number of aliphatic hydroxyl groups is 1. The second kappa shape index (κ2) is 9.84. The molecule has 0 bridgehead atoms. The molecule has 4 N–H and O–H groups in total. The Bertz CT molecular complexity index is 491. The van der Waals surface area contributed by atoms with Crippen LogP contribution in [0.1, 0.15) is 32.3 Å². The van der Waals surface area contributed by atoms with Crippen molar-refractivity contribution in [3.8, 4) is 0 Å². The number of hydrogen-bond donors (Lipinski definition) is 4. The largest absolute Gasteiger partial charge is 0.481 e. The minimum absolute atomic E-state index is 0.00754. The van der Waals surface area contributed by atoms with E-state index in [1.807, 2.05) is 44.2 Å². The lowest BCUT2D eigenvalue weighted by molar-refractivity contribution is -0.137. The van der Waals surface area contributed by atoms with Crippen LogP contribution in [0.3, 0.4) is 0 Å². The van der Waals surface area contributed by atoms with Gasteiger partial charge >= 0.3 is 12.0 Å². The number of carboxylic acid groups (broad SMARTS) is 1. The topological polar surface area (TPSA) is 98.7 Å². The summed E-state index contributed by atoms with van der Waals surface area (Å²) in [6.07, 6.45) is 0.303. The number of hydrogen-bond acceptors (Lipinski definition) is 3. The molecule has 0 saturated carbocycles. The van der Waals surface area contributed by atoms with Gasteiger partial charge in [0.15, 0.2) is 0 Å². The first-order valence-electron chi connectivity index (χ1n) is 7.86. The van der Waals surface area contributed by atoms with Gasteiger partial charge in [-0.2, -0.15) is 0 Å². The second-order valence-corrected chi connectivity index (χ2v) is 5.98. The Labute approximate surface area is 136 Å². The molecule has 0 aliphatic rings. The molecule has 0 aliphatic heterocycles. The summed E-state index contributed by atoms with van der Waals surface area (Å²) < 4.78 is 0. The third-order valence-electron chi connectivity index (χ3n) is 3.61. The van der Waals surface area contributed by atoms with Crippen molar-refractivity contribution in [2.75, 3.05) is 6.54 Å². The van der Waals surface area contributed by atoms with E-state index in [9.17, 15) is 14.7 Å². The highest BCUT2D eigenvalue weighted by Crippen LogP contribution is 2.08. The summed E-state index contributed by atoms with van der Waals surface area (Å²) >= 11 is 0. The molecule has 128 valence electrons. The minimum atomic E-state index is -0.888. The predicted molar refractivity (Wildman–Crippen MR) is 88.2 cm³/mol. The normalized spacial score (nSPS) is 13.4. The maximum absolute atomic E-state index is 11.9. The number of aliphatic hydroxyl groups excluding tert-OH is 1. The molecule has 6 heteroatoms. The number of carbonyl (C=O) groups excluding carboxylic acids is 1. The molecular formula is C17H26N2O4. The van der Waals surface area contributed by atoms with Gasteiger partial charge in [-0.25, -0.2) is 4.79 Å². The number of aliphatic carboxylic acids is 1. The van der Waals surface area contributed by atoms with Crippen LogP contribution in [0, 0.1) is 5.92 Å². The van der Waals surface area contributed by atoms with E-state index < -0.39 is 18.1 Å². The van der Waals surface area contributed by atoms with E-state index in [0.29, 0.717) is 12.8 Å². The third-order valence-corrected chi connectivity index (χ3v) is 3.61. The lowest BCUT2D eigenvalue weighted by atomic mass is 10.0. The monoisotopic (exact) mass is 322 g/mol. The second-order valence-electron chi connectivity index (χ2n) is 5.98. The van der Waals surface area contributed by atoms with E-state index in [4.69, 9.17) is 5.11 Å². The van der Waals surface area contributed by atoms with Crippen molar-refractivity contribution in [2.45, 2.75) is 45.3 Å². The highest BCUT2D eigenvalue weighted by atomic mass is 16.4. The smallest absolute Gasteiger partial charge is 0.315 e. The molecule has 1 aromatic carbocycles. The molecule has 1 aromatic rings. The average molecular weight is 322 g/mol. The SMILES string of the molecule is CC(C)C(O)CNC(=O)NC(CCC(=O)O)Cc1ccccc1. The molecule has 23 heavy (non-hydrogen) atoms. The number of urea groups is 1. The first kappa shape index (κ1) is 19.0. The van der Waals surface area contributed by atoms with Crippen LogP contribution in [-0.2, 0) is 11.2 Å². The zero-order chi connectivity index (χ0) is 17.2. The van der Waals surface area contributed by atoms with Crippen LogP contribution in [0.5, 0.6) is 0 Å². The number of amides is 2. The van der Waals surface area contributed by atoms with Gasteiger partial charge < -0.3 is 20.8 Å². The molecule has 6 nitrogen and oxygen atoms in total. The van der Waals surface area contributed by atoms with Gasteiger partial charge in [0.25, 0.3) is 0 Å². The molecule has 0 spiro atoms. The van der Waals surface area contributed by atoms with E-state index in [-0.39, 0.29) is 24.9 Å². The molecule has 1 rings (SSSR count). The van der Waals surface area contributed by atoms with Crippen molar-refractivity contribution in [2.24, 2.45) is 5.92 Å². The molecule has 2 atom stereocenters. The molecule has 2 unspecified atom stereocenters. The number of carboxylic acids is 1. The molecule has 0 aliphatic carbocycles. The Balaban J connectivity index is 2.54. The molecule has 2 amide bonds. The minimum Gasteiger partial charge on any atom is -0.481 e. The Morgan fingerprint density at radius 3 is 2.39 bits per heavy atom. The number of carbonyl (C=O) groups is 2. The first-order chi connectivity index (χ1) is 10.9. The fourth-order valence-electron chi connectivity index (χ4n) is 2.09. The summed E-state index contributed by atoms with van der Waals surface area (Å²) in [5, 5.41) is 23.9. The van der Waals surface area contributed by atoms with Crippen molar-refractivity contribution in [3.63, 3.8) is 0 Å². The number of nitrogens with one attached hydrogen (secondary N) is 2. The van der Waals surface area contributed by atoms with Crippen molar-refractivity contribution in [3.05, 3.63) is 35.9 Å². The van der Waals surface area contributed by atoms with Crippen LogP contribution < -0.4 is 10.6 Å². The lowest BCUT2D eigenvalue weighted by Gasteiger charge is -2.20. The fourth-order valence-corrected chi connectivity index (χ4v) is 2.09. The van der Waals surface area contributed by atoms with Gasteiger partial charge in [-0.05, 0) is 24.3 Å². The first-order valence-corrected chi connectivity index (χ1v) is 7.86. The average Bonchev–Trinajstić information content (AvgIpc) is 2.51. The molecular weight excluding hydrogens is 296 g/mol. The van der Waals surface area contributed by atoms with Gasteiger partial charge in [0, 0.05) is 19.0 Å². The summed E-state index contributed by atoms with van der Waals surface area (Å²) in [6.45, 7) is 3.91. The highest BCUT2D eigenvalue weighted by Gasteiger charge is 2.16. The van der Waals surface area contributed by atoms with E-state index >= 15 is 0 Å². The predicted octanol–water partition coefficient (Wildman–Crippen LogP) is 1.78. The van der Waals surface area contributed by atoms with Crippen LogP contribution in [0.4, 0.5) is 4.79 Å². The van der Waals surface area contributed by atoms with Gasteiger partial charge in [-0.15, -0.1) is 0 Å². The summed E-state index contributed by atoms with van der Waals surface area (Å²) in [6, 6.07) is 8.93. The molecule has 0 aromatic heterocycles. The van der Waals surface area contributed by atoms with Gasteiger partial charge in [-0.1, -0.05) is 44.2 Å². The highest BCUT2D eigenvalue weighted by molar-refractivity contribution is 5.74. The van der Waals surface area contributed by atoms with Crippen LogP contribution in [0.25, 0.3) is 0 Å². The maximum Gasteiger partial charge on any atom is 0.315 e. The Kier molecular flexibility index (Phi) is 8.11. The van der Waals surface area contributed by atoms with Crippen LogP contribution in [0.15, 0.2) is 30.3 Å². The zero-order valence-corrected chi connectivity index (χ0v) is 13.7. The standard InChI is InChI=1S/C17H26N2O4/c1-12(2)15(20)11-18-17(23)19-14(8-9-16(21)22)10-13-6-4-3-5-7-13/h3-7,12,14-15,20H,8-11H2,1-2H3,(H,21,22)(H2,18,19,23). The van der Waals surface area contributed by atoms with Crippen LogP contribution in [-0.4, -0.2) is 40.9 Å². The van der Waals surface area contributed by atoms with Gasteiger partial charge in [0.1, 0.15) is 0 Å². The van der Waals surface area contributed by atoms with Gasteiger partial charge in [0.2, 0.25) is 0 Å². The quantitative estimate of drug-likeness (QED) is 0.557. The van der Waals surface area contributed by atoms with E-state index in [1.54, 1.807) is 0 Å². The van der Waals surface area contributed by atoms with Crippen molar-refractivity contribution in [1.82, 2.24) is 10.6 Å². The summed E-state index contributed by atoms with van der Waals surface area (Å²) in [7, 11) is 0. The van der Waals surface area contributed by atoms with E-state index in [2.05, 4.69) is 10.6 Å². The van der Waals surface area contributed by atoms with Crippen molar-refractivity contribution >= 4 is 12.0 Å². The molecule has 0 heterocycles.